The average Bonchev–Trinajstić information content (AvgIpc) is 2.35. The lowest BCUT2D eigenvalue weighted by molar-refractivity contribution is 0.0739. The molecule has 1 nitrogen and oxygen atoms in total. The van der Waals surface area contributed by atoms with Crippen molar-refractivity contribution in [2.24, 2.45) is 0 Å². The minimum Gasteiger partial charge on any atom is -0.409 e. The van der Waals surface area contributed by atoms with E-state index < -0.39 is 9.76 Å². The summed E-state index contributed by atoms with van der Waals surface area (Å²) in [5, 5.41) is 0. The van der Waals surface area contributed by atoms with Crippen LogP contribution in [-0.4, -0.2) is 9.76 Å². The minimum atomic E-state index is -0.752. The predicted octanol–water partition coefficient (Wildman–Crippen LogP) is 4.82. The van der Waals surface area contributed by atoms with E-state index in [0.29, 0.717) is 0 Å². The first-order valence-electron chi connectivity index (χ1n) is 6.69. The van der Waals surface area contributed by atoms with Crippen LogP contribution >= 0.6 is 15.9 Å². The summed E-state index contributed by atoms with van der Waals surface area (Å²) in [6, 6.07) is 8.35. The van der Waals surface area contributed by atoms with Crippen LogP contribution in [-0.2, 0) is 10.0 Å². The van der Waals surface area contributed by atoms with E-state index in [1.54, 1.807) is 0 Å². The van der Waals surface area contributed by atoms with Crippen LogP contribution < -0.4 is 0 Å². The Hall–Kier alpha value is -0.903. The van der Waals surface area contributed by atoms with Crippen LogP contribution in [0, 0.1) is 0 Å². The highest BCUT2D eigenvalue weighted by molar-refractivity contribution is 9.10. The van der Waals surface area contributed by atoms with Crippen molar-refractivity contribution < 1.29 is 4.43 Å². The maximum Gasteiger partial charge on any atom is 0.185 e. The highest BCUT2D eigenvalue weighted by Gasteiger charge is 2.32. The second-order valence-corrected chi connectivity index (χ2v) is 7.48. The molecule has 0 radical (unpaired) electrons. The molecule has 108 valence electrons. The second kappa shape index (κ2) is 7.77. The fourth-order valence-electron chi connectivity index (χ4n) is 2.40. The summed E-state index contributed by atoms with van der Waals surface area (Å²) >= 11 is 3.48. The van der Waals surface area contributed by atoms with E-state index >= 15 is 0 Å². The van der Waals surface area contributed by atoms with Crippen molar-refractivity contribution in [1.82, 2.24) is 0 Å². The molecule has 0 bridgehead atoms. The van der Waals surface area contributed by atoms with E-state index in [-0.39, 0.29) is 5.60 Å². The van der Waals surface area contributed by atoms with Crippen LogP contribution in [0.25, 0.3) is 0 Å². The van der Waals surface area contributed by atoms with Crippen molar-refractivity contribution in [3.05, 3.63) is 70.9 Å². The predicted molar refractivity (Wildman–Crippen MR) is 94.5 cm³/mol. The molecule has 0 aliphatic rings. The van der Waals surface area contributed by atoms with Gasteiger partial charge in [0.05, 0.1) is 5.60 Å². The summed E-state index contributed by atoms with van der Waals surface area (Å²) in [5.41, 5.74) is 4.99. The fraction of sp³-hybridized carbons (Fsp3) is 0.294. The molecular formula is C17H23BrOSi. The third kappa shape index (κ3) is 4.89. The van der Waals surface area contributed by atoms with E-state index in [1.165, 1.54) is 5.56 Å². The van der Waals surface area contributed by atoms with E-state index in [4.69, 9.17) is 4.43 Å². The molecule has 1 rings (SSSR count). The van der Waals surface area contributed by atoms with E-state index in [1.807, 2.05) is 19.5 Å². The molecule has 1 aromatic carbocycles. The van der Waals surface area contributed by atoms with Gasteiger partial charge in [0.1, 0.15) is 0 Å². The van der Waals surface area contributed by atoms with Gasteiger partial charge in [0, 0.05) is 17.3 Å². The van der Waals surface area contributed by atoms with E-state index in [2.05, 4.69) is 59.9 Å². The molecule has 0 N–H and O–H groups in total. The van der Waals surface area contributed by atoms with Gasteiger partial charge in [-0.25, -0.2) is 0 Å². The first-order chi connectivity index (χ1) is 9.39. The maximum atomic E-state index is 6.31. The van der Waals surface area contributed by atoms with Gasteiger partial charge in [0.15, 0.2) is 9.76 Å². The Morgan fingerprint density at radius 1 is 1.20 bits per heavy atom. The number of benzene rings is 1. The lowest BCUT2D eigenvalue weighted by atomic mass is 9.83. The first-order valence-corrected chi connectivity index (χ1v) is 8.88. The van der Waals surface area contributed by atoms with Crippen molar-refractivity contribution in [1.29, 1.82) is 0 Å². The van der Waals surface area contributed by atoms with E-state index in [9.17, 15) is 0 Å². The van der Waals surface area contributed by atoms with Crippen LogP contribution in [0.3, 0.4) is 0 Å². The Labute approximate surface area is 133 Å². The SMILES string of the molecule is C=C[SiH2]OC(CC(=C)C)(CC(=C)C)c1ccc(Br)cc1. The third-order valence-corrected chi connectivity index (χ3v) is 4.51. The molecule has 0 spiro atoms. The molecule has 0 aliphatic heterocycles. The molecule has 0 saturated heterocycles. The third-order valence-electron chi connectivity index (χ3n) is 3.02. The fourth-order valence-corrected chi connectivity index (χ4v) is 3.47. The van der Waals surface area contributed by atoms with Crippen LogP contribution in [0.1, 0.15) is 32.3 Å². The van der Waals surface area contributed by atoms with Crippen molar-refractivity contribution >= 4 is 25.7 Å². The molecule has 0 saturated carbocycles. The standard InChI is InChI=1S/C17H23BrOSi/c1-6-20-19-17(11-13(2)3,12-14(4)5)15-7-9-16(18)10-8-15/h6-10H,1-2,4,11-12,20H2,3,5H3. The van der Waals surface area contributed by atoms with Crippen molar-refractivity contribution in [2.75, 3.05) is 0 Å². The summed E-state index contributed by atoms with van der Waals surface area (Å²) in [5.74, 6) is 0. The Morgan fingerprint density at radius 2 is 1.70 bits per heavy atom. The van der Waals surface area contributed by atoms with Crippen molar-refractivity contribution in [2.45, 2.75) is 32.3 Å². The van der Waals surface area contributed by atoms with Gasteiger partial charge in [-0.1, -0.05) is 44.9 Å². The van der Waals surface area contributed by atoms with Crippen molar-refractivity contribution in [3.8, 4) is 0 Å². The number of hydrogen-bond donors (Lipinski definition) is 0. The lowest BCUT2D eigenvalue weighted by Gasteiger charge is -2.35. The summed E-state index contributed by atoms with van der Waals surface area (Å²) in [4.78, 5) is 0. The summed E-state index contributed by atoms with van der Waals surface area (Å²) in [7, 11) is -0.752. The smallest absolute Gasteiger partial charge is 0.185 e. The lowest BCUT2D eigenvalue weighted by Crippen LogP contribution is -2.32. The topological polar surface area (TPSA) is 9.23 Å². The van der Waals surface area contributed by atoms with Gasteiger partial charge in [0.2, 0.25) is 0 Å². The Morgan fingerprint density at radius 3 is 2.10 bits per heavy atom. The summed E-state index contributed by atoms with van der Waals surface area (Å²) in [6.07, 6.45) is 1.62. The quantitative estimate of drug-likeness (QED) is 0.482. The molecule has 0 aromatic heterocycles. The van der Waals surface area contributed by atoms with Gasteiger partial charge in [-0.2, -0.15) is 0 Å². The monoisotopic (exact) mass is 350 g/mol. The molecule has 20 heavy (non-hydrogen) atoms. The first kappa shape index (κ1) is 17.1. The Balaban J connectivity index is 3.24. The molecule has 1 aromatic rings. The van der Waals surface area contributed by atoms with Gasteiger partial charge in [-0.15, -0.1) is 19.7 Å². The Bertz CT molecular complexity index is 474. The van der Waals surface area contributed by atoms with Gasteiger partial charge < -0.3 is 4.43 Å². The highest BCUT2D eigenvalue weighted by Crippen LogP contribution is 2.38. The van der Waals surface area contributed by atoms with Gasteiger partial charge in [-0.05, 0) is 31.5 Å². The maximum absolute atomic E-state index is 6.31. The van der Waals surface area contributed by atoms with Crippen LogP contribution in [0.2, 0.25) is 0 Å². The number of halogens is 1. The number of hydrogen-bond acceptors (Lipinski definition) is 1. The number of rotatable bonds is 8. The molecule has 0 unspecified atom stereocenters. The molecule has 0 amide bonds. The van der Waals surface area contributed by atoms with Crippen LogP contribution in [0.5, 0.6) is 0 Å². The minimum absolute atomic E-state index is 0.348. The molecule has 0 atom stereocenters. The molecule has 0 aliphatic carbocycles. The zero-order valence-corrected chi connectivity index (χ0v) is 15.4. The molecule has 3 heteroatoms. The zero-order valence-electron chi connectivity index (χ0n) is 12.4. The normalized spacial score (nSPS) is 11.8. The second-order valence-electron chi connectivity index (χ2n) is 5.37. The van der Waals surface area contributed by atoms with Crippen LogP contribution in [0.4, 0.5) is 0 Å². The van der Waals surface area contributed by atoms with Gasteiger partial charge >= 0.3 is 0 Å². The molecular weight excluding hydrogens is 328 g/mol. The van der Waals surface area contributed by atoms with Crippen molar-refractivity contribution in [3.63, 3.8) is 0 Å². The summed E-state index contributed by atoms with van der Waals surface area (Å²) < 4.78 is 7.38. The Kier molecular flexibility index (Phi) is 6.66. The summed E-state index contributed by atoms with van der Waals surface area (Å²) in [6.45, 7) is 16.0. The largest absolute Gasteiger partial charge is 0.409 e. The van der Waals surface area contributed by atoms with Gasteiger partial charge in [-0.3, -0.25) is 0 Å². The van der Waals surface area contributed by atoms with E-state index in [0.717, 1.165) is 28.5 Å². The van der Waals surface area contributed by atoms with Crippen LogP contribution in [0.15, 0.2) is 65.3 Å². The zero-order chi connectivity index (χ0) is 15.2. The highest BCUT2D eigenvalue weighted by atomic mass is 79.9. The average molecular weight is 351 g/mol. The van der Waals surface area contributed by atoms with Gasteiger partial charge in [0.25, 0.3) is 0 Å². The molecule has 0 fully saturated rings. The molecule has 0 heterocycles.